The fraction of sp³-hybridized carbons (Fsp3) is 0.500. The third kappa shape index (κ3) is 3.83. The van der Waals surface area contributed by atoms with E-state index < -0.39 is 23.9 Å². The van der Waals surface area contributed by atoms with Gasteiger partial charge in [0.05, 0.1) is 33.4 Å². The molecule has 3 aliphatic rings. The topological polar surface area (TPSA) is 107 Å². The number of fused-ring (bicyclic) bond motifs is 2. The highest BCUT2D eigenvalue weighted by molar-refractivity contribution is 5.82. The van der Waals surface area contributed by atoms with Gasteiger partial charge in [0.1, 0.15) is 0 Å². The molecule has 1 saturated heterocycles. The van der Waals surface area contributed by atoms with Crippen molar-refractivity contribution in [2.45, 2.75) is 24.9 Å². The van der Waals surface area contributed by atoms with Crippen LogP contribution < -0.4 is 23.7 Å². The average molecular weight is 486 g/mol. The lowest BCUT2D eigenvalue weighted by Gasteiger charge is -2.42. The van der Waals surface area contributed by atoms with E-state index in [1.807, 2.05) is 23.1 Å². The van der Waals surface area contributed by atoms with Gasteiger partial charge in [-0.05, 0) is 53.8 Å². The molecule has 0 unspecified atom stereocenters. The summed E-state index contributed by atoms with van der Waals surface area (Å²) in [5.74, 6) is 0.469. The fourth-order valence-corrected chi connectivity index (χ4v) is 5.72. The second kappa shape index (κ2) is 9.47. The Morgan fingerprint density at radius 2 is 1.57 bits per heavy atom. The van der Waals surface area contributed by atoms with Crippen LogP contribution in [0.5, 0.6) is 28.7 Å². The first kappa shape index (κ1) is 23.6. The van der Waals surface area contributed by atoms with Gasteiger partial charge in [-0.3, -0.25) is 4.79 Å². The number of aliphatic hydroxyl groups is 2. The molecule has 2 N–H and O–H groups in total. The van der Waals surface area contributed by atoms with Crippen molar-refractivity contribution in [2.75, 3.05) is 47.8 Å². The van der Waals surface area contributed by atoms with E-state index in [1.165, 1.54) is 7.11 Å². The van der Waals surface area contributed by atoms with Crippen LogP contribution in [-0.2, 0) is 4.79 Å². The summed E-state index contributed by atoms with van der Waals surface area (Å²) >= 11 is 0. The number of carbonyl (C=O) groups excluding carboxylic acids is 1. The molecule has 1 amide bonds. The molecule has 9 heteroatoms. The van der Waals surface area contributed by atoms with Crippen LogP contribution in [0.3, 0.4) is 0 Å². The SMILES string of the molecule is COc1cc([C@@H]2c3cc4c(cc3[C@H](O)[C@@H](CO)[C@H]2C(=O)N2CCCC2)OCO4)cc(OC)c1OC. The lowest BCUT2D eigenvalue weighted by molar-refractivity contribution is -0.141. The Kier molecular flexibility index (Phi) is 6.37. The van der Waals surface area contributed by atoms with Crippen molar-refractivity contribution in [3.8, 4) is 28.7 Å². The molecular formula is C26H31NO8. The van der Waals surface area contributed by atoms with Crippen LogP contribution in [0.1, 0.15) is 41.6 Å². The lowest BCUT2D eigenvalue weighted by atomic mass is 9.64. The largest absolute Gasteiger partial charge is 0.493 e. The summed E-state index contributed by atoms with van der Waals surface area (Å²) in [6.07, 6.45) is 0.837. The van der Waals surface area contributed by atoms with Gasteiger partial charge in [0.2, 0.25) is 18.4 Å². The van der Waals surface area contributed by atoms with Gasteiger partial charge >= 0.3 is 0 Å². The highest BCUT2D eigenvalue weighted by Gasteiger charge is 2.49. The number of nitrogens with zero attached hydrogens (tertiary/aromatic N) is 1. The Labute approximate surface area is 204 Å². The van der Waals surface area contributed by atoms with Crippen LogP contribution in [-0.4, -0.2) is 68.8 Å². The number of hydrogen-bond donors (Lipinski definition) is 2. The molecule has 1 fully saturated rings. The molecule has 1 aliphatic carbocycles. The van der Waals surface area contributed by atoms with Gasteiger partial charge in [-0.15, -0.1) is 0 Å². The van der Waals surface area contributed by atoms with E-state index in [-0.39, 0.29) is 19.3 Å². The second-order valence-corrected chi connectivity index (χ2v) is 9.12. The minimum atomic E-state index is -1.04. The van der Waals surface area contributed by atoms with E-state index in [1.54, 1.807) is 20.3 Å². The zero-order valence-corrected chi connectivity index (χ0v) is 20.2. The maximum absolute atomic E-state index is 13.9. The summed E-state index contributed by atoms with van der Waals surface area (Å²) in [6, 6.07) is 7.26. The van der Waals surface area contributed by atoms with Crippen molar-refractivity contribution in [2.24, 2.45) is 11.8 Å². The molecule has 2 aromatic carbocycles. The first-order valence-corrected chi connectivity index (χ1v) is 11.8. The molecule has 2 aliphatic heterocycles. The number of aliphatic hydroxyl groups excluding tert-OH is 2. The van der Waals surface area contributed by atoms with Crippen molar-refractivity contribution in [1.29, 1.82) is 0 Å². The highest BCUT2D eigenvalue weighted by atomic mass is 16.7. The third-order valence-corrected chi connectivity index (χ3v) is 7.42. The van der Waals surface area contributed by atoms with Crippen molar-refractivity contribution >= 4 is 5.91 Å². The number of likely N-dealkylation sites (tertiary alicyclic amines) is 1. The second-order valence-electron chi connectivity index (χ2n) is 9.12. The number of hydrogen-bond acceptors (Lipinski definition) is 8. The smallest absolute Gasteiger partial charge is 0.231 e. The van der Waals surface area contributed by atoms with Gasteiger partial charge in [-0.2, -0.15) is 0 Å². The molecular weight excluding hydrogens is 454 g/mol. The predicted octanol–water partition coefficient (Wildman–Crippen LogP) is 2.47. The molecule has 2 aromatic rings. The number of methoxy groups -OCH3 is 3. The number of rotatable bonds is 6. The van der Waals surface area contributed by atoms with Crippen LogP contribution in [0, 0.1) is 11.8 Å². The van der Waals surface area contributed by atoms with E-state index in [0.717, 1.165) is 24.0 Å². The molecule has 0 aromatic heterocycles. The van der Waals surface area contributed by atoms with Crippen LogP contribution in [0.15, 0.2) is 24.3 Å². The molecule has 0 saturated carbocycles. The van der Waals surface area contributed by atoms with Gasteiger partial charge in [-0.25, -0.2) is 0 Å². The quantitative estimate of drug-likeness (QED) is 0.643. The Morgan fingerprint density at radius 1 is 0.971 bits per heavy atom. The summed E-state index contributed by atoms with van der Waals surface area (Å²) in [7, 11) is 4.62. The standard InChI is InChI=1S/C26H31NO8/c1-31-20-8-14(9-21(32-2)25(20)33-3)22-15-10-18-19(35-13-34-18)11-16(15)24(29)17(12-28)23(22)26(30)27-6-4-5-7-27/h8-11,17,22-24,28-29H,4-7,12-13H2,1-3H3/t17-,22+,23+,24-/m0/s1. The summed E-state index contributed by atoms with van der Waals surface area (Å²) < 4.78 is 27.9. The van der Waals surface area contributed by atoms with Gasteiger partial charge in [0.15, 0.2) is 23.0 Å². The summed E-state index contributed by atoms with van der Waals surface area (Å²) in [5.41, 5.74) is 2.11. The molecule has 5 rings (SSSR count). The summed E-state index contributed by atoms with van der Waals surface area (Å²) in [4.78, 5) is 15.8. The van der Waals surface area contributed by atoms with E-state index >= 15 is 0 Å². The Hall–Kier alpha value is -3.17. The fourth-order valence-electron chi connectivity index (χ4n) is 5.72. The molecule has 0 bridgehead atoms. The highest BCUT2D eigenvalue weighted by Crippen LogP contribution is 2.54. The van der Waals surface area contributed by atoms with Gasteiger partial charge in [-0.1, -0.05) is 0 Å². The predicted molar refractivity (Wildman–Crippen MR) is 125 cm³/mol. The molecule has 0 radical (unpaired) electrons. The molecule has 188 valence electrons. The summed E-state index contributed by atoms with van der Waals surface area (Å²) in [6.45, 7) is 1.07. The van der Waals surface area contributed by atoms with E-state index in [9.17, 15) is 15.0 Å². The Morgan fingerprint density at radius 3 is 2.11 bits per heavy atom. The van der Waals surface area contributed by atoms with Crippen LogP contribution in [0.25, 0.3) is 0 Å². The third-order valence-electron chi connectivity index (χ3n) is 7.42. The maximum Gasteiger partial charge on any atom is 0.231 e. The van der Waals surface area contributed by atoms with Crippen LogP contribution >= 0.6 is 0 Å². The normalized spacial score (nSPS) is 24.8. The molecule has 9 nitrogen and oxygen atoms in total. The minimum absolute atomic E-state index is 0.0809. The van der Waals surface area contributed by atoms with Crippen molar-refractivity contribution in [3.63, 3.8) is 0 Å². The Balaban J connectivity index is 1.74. The Bertz CT molecular complexity index is 1090. The van der Waals surface area contributed by atoms with Gasteiger partial charge < -0.3 is 38.8 Å². The molecule has 4 atom stereocenters. The maximum atomic E-state index is 13.9. The molecule has 35 heavy (non-hydrogen) atoms. The number of amides is 1. The van der Waals surface area contributed by atoms with E-state index in [0.29, 0.717) is 47.4 Å². The zero-order chi connectivity index (χ0) is 24.7. The minimum Gasteiger partial charge on any atom is -0.493 e. The van der Waals surface area contributed by atoms with Gasteiger partial charge in [0.25, 0.3) is 0 Å². The first-order valence-electron chi connectivity index (χ1n) is 11.8. The lowest BCUT2D eigenvalue weighted by Crippen LogP contribution is -2.46. The molecule has 2 heterocycles. The number of ether oxygens (including phenoxy) is 5. The van der Waals surface area contributed by atoms with Crippen molar-refractivity contribution in [1.82, 2.24) is 4.90 Å². The monoisotopic (exact) mass is 485 g/mol. The van der Waals surface area contributed by atoms with Crippen molar-refractivity contribution in [3.05, 3.63) is 41.0 Å². The number of carbonyl (C=O) groups is 1. The number of benzene rings is 2. The molecule has 0 spiro atoms. The van der Waals surface area contributed by atoms with E-state index in [2.05, 4.69) is 0 Å². The average Bonchev–Trinajstić information content (AvgIpc) is 3.58. The van der Waals surface area contributed by atoms with Gasteiger partial charge in [0, 0.05) is 31.5 Å². The summed E-state index contributed by atoms with van der Waals surface area (Å²) in [5, 5.41) is 21.8. The van der Waals surface area contributed by atoms with Crippen LogP contribution in [0.4, 0.5) is 0 Å². The first-order chi connectivity index (χ1) is 17.0. The zero-order valence-electron chi connectivity index (χ0n) is 20.2. The van der Waals surface area contributed by atoms with Crippen LogP contribution in [0.2, 0.25) is 0 Å². The van der Waals surface area contributed by atoms with Crippen molar-refractivity contribution < 1.29 is 38.7 Å². The van der Waals surface area contributed by atoms with E-state index in [4.69, 9.17) is 23.7 Å².